The summed E-state index contributed by atoms with van der Waals surface area (Å²) in [4.78, 5) is 12.0. The molecular formula is C21H25BrN2O2S. The van der Waals surface area contributed by atoms with Crippen molar-refractivity contribution in [1.82, 2.24) is 5.32 Å². The first-order valence-corrected chi connectivity index (χ1v) is 10.0. The molecule has 6 heteroatoms. The number of carbonyl (C=O) groups excluding carboxylic acids is 1. The Morgan fingerprint density at radius 1 is 1.07 bits per heavy atom. The van der Waals surface area contributed by atoms with Gasteiger partial charge < -0.3 is 15.4 Å². The second kappa shape index (κ2) is 9.85. The molecule has 0 saturated carbocycles. The smallest absolute Gasteiger partial charge is 0.226 e. The molecule has 0 bridgehead atoms. The van der Waals surface area contributed by atoms with Crippen LogP contribution < -0.4 is 15.4 Å². The Kier molecular flexibility index (Phi) is 7.80. The first-order chi connectivity index (χ1) is 12.7. The average Bonchev–Trinajstić information content (AvgIpc) is 2.60. The van der Waals surface area contributed by atoms with Gasteiger partial charge in [0.05, 0.1) is 6.61 Å². The molecule has 144 valence electrons. The van der Waals surface area contributed by atoms with E-state index in [4.69, 9.17) is 17.0 Å². The minimum atomic E-state index is -0.128. The lowest BCUT2D eigenvalue weighted by Crippen LogP contribution is -2.34. The van der Waals surface area contributed by atoms with Crippen molar-refractivity contribution in [2.45, 2.75) is 39.0 Å². The van der Waals surface area contributed by atoms with E-state index in [1.54, 1.807) is 0 Å². The highest BCUT2D eigenvalue weighted by molar-refractivity contribution is 9.10. The minimum Gasteiger partial charge on any atom is -0.494 e. The number of thiocarbonyl (C=S) groups is 1. The standard InChI is InChI=1S/C21H25BrN2O2S/c1-21(2,3)15-6-12-18(13-7-15)26-14-4-5-19(25)24-20(27)23-17-10-8-16(22)9-11-17/h6-13H,4-5,14H2,1-3H3,(H2,23,24,25,27). The molecule has 0 aromatic heterocycles. The summed E-state index contributed by atoms with van der Waals surface area (Å²) in [7, 11) is 0. The third-order valence-electron chi connectivity index (χ3n) is 3.89. The Balaban J connectivity index is 1.67. The molecular weight excluding hydrogens is 424 g/mol. The molecule has 0 fully saturated rings. The zero-order valence-electron chi connectivity index (χ0n) is 15.8. The van der Waals surface area contributed by atoms with E-state index in [1.807, 2.05) is 36.4 Å². The van der Waals surface area contributed by atoms with Gasteiger partial charge in [-0.05, 0) is 66.0 Å². The number of anilines is 1. The SMILES string of the molecule is CC(C)(C)c1ccc(OCCCC(=O)NC(=S)Nc2ccc(Br)cc2)cc1. The van der Waals surface area contributed by atoms with E-state index in [1.165, 1.54) is 5.56 Å². The zero-order valence-corrected chi connectivity index (χ0v) is 18.2. The number of benzene rings is 2. The number of amides is 1. The van der Waals surface area contributed by atoms with Crippen LogP contribution in [0.1, 0.15) is 39.2 Å². The predicted octanol–water partition coefficient (Wildman–Crippen LogP) is 5.42. The molecule has 0 radical (unpaired) electrons. The number of ether oxygens (including phenoxy) is 1. The van der Waals surface area contributed by atoms with Gasteiger partial charge in [-0.25, -0.2) is 0 Å². The summed E-state index contributed by atoms with van der Waals surface area (Å²) in [6.07, 6.45) is 0.968. The highest BCUT2D eigenvalue weighted by atomic mass is 79.9. The topological polar surface area (TPSA) is 50.4 Å². The summed E-state index contributed by atoms with van der Waals surface area (Å²) in [6, 6.07) is 15.7. The largest absolute Gasteiger partial charge is 0.494 e. The van der Waals surface area contributed by atoms with E-state index in [2.05, 4.69) is 59.5 Å². The first kappa shape index (κ1) is 21.4. The summed E-state index contributed by atoms with van der Waals surface area (Å²) in [5.74, 6) is 0.687. The van der Waals surface area contributed by atoms with Gasteiger partial charge in [0, 0.05) is 16.6 Å². The van der Waals surface area contributed by atoms with Crippen LogP contribution in [0.2, 0.25) is 0 Å². The van der Waals surface area contributed by atoms with E-state index in [-0.39, 0.29) is 11.3 Å². The fourth-order valence-electron chi connectivity index (χ4n) is 2.36. The maximum Gasteiger partial charge on any atom is 0.226 e. The quantitative estimate of drug-likeness (QED) is 0.457. The summed E-state index contributed by atoms with van der Waals surface area (Å²) < 4.78 is 6.69. The molecule has 2 aromatic carbocycles. The lowest BCUT2D eigenvalue weighted by atomic mass is 9.87. The minimum absolute atomic E-state index is 0.124. The van der Waals surface area contributed by atoms with E-state index >= 15 is 0 Å². The number of nitrogens with one attached hydrogen (secondary N) is 2. The summed E-state index contributed by atoms with van der Waals surface area (Å²) in [5.41, 5.74) is 2.21. The number of halogens is 1. The van der Waals surface area contributed by atoms with Crippen LogP contribution in [0.5, 0.6) is 5.75 Å². The molecule has 0 heterocycles. The van der Waals surface area contributed by atoms with E-state index < -0.39 is 0 Å². The molecule has 1 amide bonds. The monoisotopic (exact) mass is 448 g/mol. The molecule has 0 atom stereocenters. The number of hydrogen-bond acceptors (Lipinski definition) is 3. The van der Waals surface area contributed by atoms with Crippen LogP contribution in [-0.2, 0) is 10.2 Å². The van der Waals surface area contributed by atoms with Gasteiger partial charge in [-0.15, -0.1) is 0 Å². The normalized spacial score (nSPS) is 11.0. The van der Waals surface area contributed by atoms with Crippen LogP contribution in [0.3, 0.4) is 0 Å². The Morgan fingerprint density at radius 2 is 1.70 bits per heavy atom. The van der Waals surface area contributed by atoms with Crippen molar-refractivity contribution in [3.05, 3.63) is 58.6 Å². The molecule has 0 aliphatic rings. The maximum absolute atomic E-state index is 12.0. The fraction of sp³-hybridized carbons (Fsp3) is 0.333. The first-order valence-electron chi connectivity index (χ1n) is 8.84. The van der Waals surface area contributed by atoms with Crippen LogP contribution in [-0.4, -0.2) is 17.6 Å². The second-order valence-electron chi connectivity index (χ2n) is 7.24. The summed E-state index contributed by atoms with van der Waals surface area (Å²) in [5, 5.41) is 5.95. The van der Waals surface area contributed by atoms with Crippen LogP contribution in [0.4, 0.5) is 5.69 Å². The van der Waals surface area contributed by atoms with Crippen molar-refractivity contribution in [2.24, 2.45) is 0 Å². The molecule has 0 aliphatic carbocycles. The highest BCUT2D eigenvalue weighted by Crippen LogP contribution is 2.24. The van der Waals surface area contributed by atoms with Gasteiger partial charge >= 0.3 is 0 Å². The predicted molar refractivity (Wildman–Crippen MR) is 118 cm³/mol. The Bertz CT molecular complexity index is 768. The van der Waals surface area contributed by atoms with Gasteiger partial charge in [-0.2, -0.15) is 0 Å². The molecule has 0 aliphatic heterocycles. The Labute approximate surface area is 174 Å². The molecule has 2 rings (SSSR count). The lowest BCUT2D eigenvalue weighted by Gasteiger charge is -2.19. The van der Waals surface area contributed by atoms with Crippen molar-refractivity contribution in [3.63, 3.8) is 0 Å². The number of carbonyl (C=O) groups is 1. The zero-order chi connectivity index (χ0) is 19.9. The van der Waals surface area contributed by atoms with E-state index in [9.17, 15) is 4.79 Å². The van der Waals surface area contributed by atoms with Crippen LogP contribution in [0.25, 0.3) is 0 Å². The molecule has 2 N–H and O–H groups in total. The Morgan fingerprint density at radius 3 is 2.30 bits per heavy atom. The number of rotatable bonds is 6. The van der Waals surface area contributed by atoms with Crippen LogP contribution >= 0.6 is 28.1 Å². The third kappa shape index (κ3) is 7.69. The summed E-state index contributed by atoms with van der Waals surface area (Å²) in [6.45, 7) is 7.02. The van der Waals surface area contributed by atoms with Gasteiger partial charge in [0.2, 0.25) is 5.91 Å². The fourth-order valence-corrected chi connectivity index (χ4v) is 2.85. The summed E-state index contributed by atoms with van der Waals surface area (Å²) >= 11 is 8.53. The van der Waals surface area contributed by atoms with E-state index in [0.717, 1.165) is 15.9 Å². The van der Waals surface area contributed by atoms with Gasteiger partial charge in [0.15, 0.2) is 5.11 Å². The van der Waals surface area contributed by atoms with Crippen molar-refractivity contribution in [1.29, 1.82) is 0 Å². The third-order valence-corrected chi connectivity index (χ3v) is 4.63. The Hall–Kier alpha value is -1.92. The van der Waals surface area contributed by atoms with Crippen molar-refractivity contribution in [3.8, 4) is 5.75 Å². The molecule has 27 heavy (non-hydrogen) atoms. The number of hydrogen-bond donors (Lipinski definition) is 2. The molecule has 0 unspecified atom stereocenters. The average molecular weight is 449 g/mol. The van der Waals surface area contributed by atoms with Crippen molar-refractivity contribution in [2.75, 3.05) is 11.9 Å². The van der Waals surface area contributed by atoms with Gasteiger partial charge in [0.1, 0.15) is 5.75 Å². The van der Waals surface area contributed by atoms with Crippen molar-refractivity contribution < 1.29 is 9.53 Å². The lowest BCUT2D eigenvalue weighted by molar-refractivity contribution is -0.119. The molecule has 0 saturated heterocycles. The van der Waals surface area contributed by atoms with Gasteiger partial charge in [-0.3, -0.25) is 4.79 Å². The van der Waals surface area contributed by atoms with Gasteiger partial charge in [0.25, 0.3) is 0 Å². The highest BCUT2D eigenvalue weighted by Gasteiger charge is 2.13. The van der Waals surface area contributed by atoms with Gasteiger partial charge in [-0.1, -0.05) is 48.8 Å². The molecule has 4 nitrogen and oxygen atoms in total. The van der Waals surface area contributed by atoms with Crippen LogP contribution in [0, 0.1) is 0 Å². The molecule has 0 spiro atoms. The molecule has 2 aromatic rings. The maximum atomic E-state index is 12.0. The van der Waals surface area contributed by atoms with E-state index in [0.29, 0.717) is 24.6 Å². The second-order valence-corrected chi connectivity index (χ2v) is 8.56. The van der Waals surface area contributed by atoms with Crippen LogP contribution in [0.15, 0.2) is 53.0 Å². The van der Waals surface area contributed by atoms with Crippen molar-refractivity contribution >= 4 is 44.9 Å².